The maximum atomic E-state index is 5.49. The molecule has 274 valence electrons. The van der Waals surface area contributed by atoms with E-state index < -0.39 is 0 Å². The number of fused-ring (bicyclic) bond motifs is 8. The van der Waals surface area contributed by atoms with Crippen molar-refractivity contribution >= 4 is 44.4 Å². The van der Waals surface area contributed by atoms with E-state index in [1.165, 1.54) is 22.3 Å². The number of pyridine rings is 4. The number of H-pyrrole nitrogens is 2. The summed E-state index contributed by atoms with van der Waals surface area (Å²) in [4.78, 5) is 36.2. The van der Waals surface area contributed by atoms with Crippen LogP contribution in [0.4, 0.5) is 0 Å². The van der Waals surface area contributed by atoms with E-state index in [1.807, 2.05) is 49.6 Å². The van der Waals surface area contributed by atoms with Crippen molar-refractivity contribution in [2.45, 2.75) is 53.4 Å². The van der Waals surface area contributed by atoms with Crippen molar-refractivity contribution in [1.29, 1.82) is 0 Å². The second-order valence-electron chi connectivity index (χ2n) is 14.0. The van der Waals surface area contributed by atoms with Gasteiger partial charge in [0.1, 0.15) is 0 Å². The van der Waals surface area contributed by atoms with Crippen molar-refractivity contribution in [3.05, 3.63) is 167 Å². The van der Waals surface area contributed by atoms with E-state index in [1.54, 1.807) is 0 Å². The SMILES string of the molecule is CCC1=C(c2ccncc2)c2cc3[nH]c(cc4nc(cc5[nH]c(cc1n2)c(CC)c5-c1ccncc1)C(CC)=C4c1ccncc1)c(-c1ccncc1)c3CC. The summed E-state index contributed by atoms with van der Waals surface area (Å²) in [5, 5.41) is 0. The van der Waals surface area contributed by atoms with Crippen LogP contribution >= 0.6 is 0 Å². The molecule has 0 fully saturated rings. The first kappa shape index (κ1) is 34.9. The molecule has 8 bridgehead atoms. The molecule has 0 saturated carbocycles. The van der Waals surface area contributed by atoms with Gasteiger partial charge in [-0.05, 0) is 143 Å². The molecule has 8 nitrogen and oxygen atoms in total. The summed E-state index contributed by atoms with van der Waals surface area (Å²) in [5.74, 6) is 0. The summed E-state index contributed by atoms with van der Waals surface area (Å²) in [6.45, 7) is 8.87. The lowest BCUT2D eigenvalue weighted by Crippen LogP contribution is -1.89. The molecule has 2 aliphatic heterocycles. The lowest BCUT2D eigenvalue weighted by Gasteiger charge is -2.07. The lowest BCUT2D eigenvalue weighted by molar-refractivity contribution is 1.16. The standard InChI is InChI=1S/C48H42N8/c1-5-33-37-25-38-34(6-2)46(30-11-19-50-20-12-30)42(54-38)27-40-36(8-4)48(32-15-23-52-24-16-32)44(56-40)28-43-47(31-13-21-51-22-14-31)35(7-3)39(55-43)26-41(53-37)45(33)29-9-17-49-18-10-29/h9-28,53,56H,5-8H2,1-4H3. The first-order valence-electron chi connectivity index (χ1n) is 19.5. The Hall–Kier alpha value is -6.80. The molecule has 7 aromatic rings. The van der Waals surface area contributed by atoms with Gasteiger partial charge in [-0.3, -0.25) is 19.9 Å². The van der Waals surface area contributed by atoms with Crippen LogP contribution in [-0.2, 0) is 12.8 Å². The fraction of sp³-hybridized carbons (Fsp3) is 0.167. The van der Waals surface area contributed by atoms with E-state index in [0.29, 0.717) is 0 Å². The zero-order valence-corrected chi connectivity index (χ0v) is 32.1. The molecule has 2 aliphatic rings. The van der Waals surface area contributed by atoms with Crippen LogP contribution in [0.25, 0.3) is 66.6 Å². The van der Waals surface area contributed by atoms with Crippen molar-refractivity contribution in [3.63, 3.8) is 0 Å². The summed E-state index contributed by atoms with van der Waals surface area (Å²) in [6.07, 6.45) is 18.1. The zero-order valence-electron chi connectivity index (χ0n) is 32.1. The van der Waals surface area contributed by atoms with Gasteiger partial charge >= 0.3 is 0 Å². The molecule has 2 N–H and O–H groups in total. The molecule has 0 aromatic carbocycles. The van der Waals surface area contributed by atoms with E-state index in [0.717, 1.165) is 115 Å². The van der Waals surface area contributed by atoms with E-state index in [9.17, 15) is 0 Å². The van der Waals surface area contributed by atoms with Crippen LogP contribution in [-0.4, -0.2) is 39.9 Å². The number of allylic oxidation sites excluding steroid dienone is 2. The summed E-state index contributed by atoms with van der Waals surface area (Å²) < 4.78 is 0. The number of hydrogen-bond donors (Lipinski definition) is 2. The van der Waals surface area contributed by atoms with Crippen molar-refractivity contribution in [2.75, 3.05) is 0 Å². The van der Waals surface area contributed by atoms with Crippen molar-refractivity contribution in [1.82, 2.24) is 39.9 Å². The number of aromatic nitrogens is 8. The molecule has 7 aromatic heterocycles. The molecular weight excluding hydrogens is 689 g/mol. The van der Waals surface area contributed by atoms with Gasteiger partial charge in [0, 0.05) is 93.9 Å². The Bertz CT molecular complexity index is 2820. The molecular formula is C48H42N8. The van der Waals surface area contributed by atoms with Crippen molar-refractivity contribution in [3.8, 4) is 22.3 Å². The number of rotatable bonds is 8. The summed E-state index contributed by atoms with van der Waals surface area (Å²) in [6, 6.07) is 25.6. The average Bonchev–Trinajstić information content (AvgIpc) is 3.98. The van der Waals surface area contributed by atoms with E-state index in [4.69, 9.17) is 9.97 Å². The molecule has 9 heterocycles. The van der Waals surface area contributed by atoms with Crippen LogP contribution in [0.5, 0.6) is 0 Å². The molecule has 0 unspecified atom stereocenters. The zero-order chi connectivity index (χ0) is 38.2. The fourth-order valence-corrected chi connectivity index (χ4v) is 8.52. The van der Waals surface area contributed by atoms with Crippen LogP contribution < -0.4 is 0 Å². The molecule has 9 rings (SSSR count). The number of aryl methyl sites for hydroxylation is 2. The Morgan fingerprint density at radius 2 is 0.696 bits per heavy atom. The highest BCUT2D eigenvalue weighted by Crippen LogP contribution is 2.42. The third-order valence-electron chi connectivity index (χ3n) is 11.0. The lowest BCUT2D eigenvalue weighted by atomic mass is 9.94. The van der Waals surface area contributed by atoms with Gasteiger partial charge in [0.15, 0.2) is 0 Å². The highest BCUT2D eigenvalue weighted by atomic mass is 14.8. The summed E-state index contributed by atoms with van der Waals surface area (Å²) in [5.41, 5.74) is 21.5. The summed E-state index contributed by atoms with van der Waals surface area (Å²) >= 11 is 0. The first-order valence-corrected chi connectivity index (χ1v) is 19.5. The maximum Gasteiger partial charge on any atom is 0.0739 e. The molecule has 0 saturated heterocycles. The predicted octanol–water partition coefficient (Wildman–Crippen LogP) is 11.1. The van der Waals surface area contributed by atoms with Crippen LogP contribution in [0, 0.1) is 0 Å². The first-order chi connectivity index (χ1) is 27.6. The Morgan fingerprint density at radius 1 is 0.375 bits per heavy atom. The number of hydrogen-bond acceptors (Lipinski definition) is 6. The molecule has 0 aliphatic carbocycles. The second kappa shape index (κ2) is 14.8. The number of nitrogens with zero attached hydrogens (tertiary/aromatic N) is 6. The van der Waals surface area contributed by atoms with Crippen LogP contribution in [0.1, 0.15) is 85.6 Å². The molecule has 0 atom stereocenters. The Morgan fingerprint density at radius 3 is 1.05 bits per heavy atom. The van der Waals surface area contributed by atoms with Gasteiger partial charge in [-0.2, -0.15) is 0 Å². The normalized spacial score (nSPS) is 12.8. The largest absolute Gasteiger partial charge is 0.355 e. The van der Waals surface area contributed by atoms with Crippen LogP contribution in [0.3, 0.4) is 0 Å². The number of nitrogens with one attached hydrogen (secondary N) is 2. The van der Waals surface area contributed by atoms with E-state index in [-0.39, 0.29) is 0 Å². The quantitative estimate of drug-likeness (QED) is 0.161. The van der Waals surface area contributed by atoms with Gasteiger partial charge in [-0.25, -0.2) is 9.97 Å². The minimum absolute atomic E-state index is 0.800. The van der Waals surface area contributed by atoms with Crippen LogP contribution in [0.2, 0.25) is 0 Å². The van der Waals surface area contributed by atoms with E-state index in [2.05, 4.69) is 130 Å². The average molecular weight is 731 g/mol. The number of aromatic amines is 2. The van der Waals surface area contributed by atoms with E-state index >= 15 is 0 Å². The molecule has 0 radical (unpaired) electrons. The summed E-state index contributed by atoms with van der Waals surface area (Å²) in [7, 11) is 0. The van der Waals surface area contributed by atoms with Gasteiger partial charge in [-0.15, -0.1) is 0 Å². The molecule has 0 spiro atoms. The Labute approximate surface area is 326 Å². The monoisotopic (exact) mass is 730 g/mol. The Kier molecular flexibility index (Phi) is 9.23. The van der Waals surface area contributed by atoms with Gasteiger partial charge in [0.25, 0.3) is 0 Å². The minimum atomic E-state index is 0.800. The van der Waals surface area contributed by atoms with Gasteiger partial charge in [0.2, 0.25) is 0 Å². The third-order valence-corrected chi connectivity index (χ3v) is 11.0. The fourth-order valence-electron chi connectivity index (χ4n) is 8.52. The topological polar surface area (TPSA) is 109 Å². The van der Waals surface area contributed by atoms with Gasteiger partial charge < -0.3 is 9.97 Å². The molecule has 8 heteroatoms. The van der Waals surface area contributed by atoms with Crippen molar-refractivity contribution in [2.24, 2.45) is 0 Å². The maximum absolute atomic E-state index is 5.49. The predicted molar refractivity (Wildman–Crippen MR) is 227 cm³/mol. The van der Waals surface area contributed by atoms with Gasteiger partial charge in [-0.1, -0.05) is 27.7 Å². The van der Waals surface area contributed by atoms with Gasteiger partial charge in [0.05, 0.1) is 22.8 Å². The molecule has 0 amide bonds. The Balaban J connectivity index is 1.50. The van der Waals surface area contributed by atoms with Crippen LogP contribution in [0.15, 0.2) is 122 Å². The molecule has 56 heavy (non-hydrogen) atoms. The third kappa shape index (κ3) is 6.04. The van der Waals surface area contributed by atoms with Crippen molar-refractivity contribution < 1.29 is 0 Å². The smallest absolute Gasteiger partial charge is 0.0739 e. The highest BCUT2D eigenvalue weighted by molar-refractivity contribution is 6.04. The minimum Gasteiger partial charge on any atom is -0.355 e. The second-order valence-corrected chi connectivity index (χ2v) is 14.0. The highest BCUT2D eigenvalue weighted by Gasteiger charge is 2.25.